The summed E-state index contributed by atoms with van der Waals surface area (Å²) in [6, 6.07) is 12.7. The Labute approximate surface area is 127 Å². The number of carbonyl (C=O) groups is 1. The number of hydrogen-bond donors (Lipinski definition) is 2. The molecule has 0 aliphatic rings. The largest absolute Gasteiger partial charge is 0.505 e. The predicted molar refractivity (Wildman–Crippen MR) is 81.5 cm³/mol. The number of amides is 1. The van der Waals surface area contributed by atoms with Crippen LogP contribution in [0.5, 0.6) is 5.75 Å². The Hall–Kier alpha value is -1.71. The highest BCUT2D eigenvalue weighted by atomic mass is 35.5. The molecule has 2 aromatic carbocycles. The number of hydrogen-bond acceptors (Lipinski definition) is 2. The number of anilines is 1. The molecule has 104 valence electrons. The van der Waals surface area contributed by atoms with Crippen LogP contribution in [0.25, 0.3) is 0 Å². The van der Waals surface area contributed by atoms with Gasteiger partial charge in [-0.3, -0.25) is 4.79 Å². The summed E-state index contributed by atoms with van der Waals surface area (Å²) in [4.78, 5) is 11.8. The number of phenols is 1. The molecule has 0 aliphatic carbocycles. The minimum atomic E-state index is -0.185. The van der Waals surface area contributed by atoms with Crippen molar-refractivity contribution >= 4 is 34.8 Å². The maximum absolute atomic E-state index is 11.8. The first-order chi connectivity index (χ1) is 9.56. The van der Waals surface area contributed by atoms with Gasteiger partial charge in [-0.25, -0.2) is 0 Å². The molecular weight excluding hydrogens is 297 g/mol. The van der Waals surface area contributed by atoms with E-state index in [0.29, 0.717) is 18.5 Å². The molecule has 0 atom stereocenters. The van der Waals surface area contributed by atoms with Gasteiger partial charge in [0.15, 0.2) is 5.75 Å². The molecule has 5 heteroatoms. The average Bonchev–Trinajstić information content (AvgIpc) is 2.43. The summed E-state index contributed by atoms with van der Waals surface area (Å²) in [6.07, 6.45) is 1.02. The molecule has 0 saturated heterocycles. The first-order valence-electron chi connectivity index (χ1n) is 6.08. The molecule has 0 aromatic heterocycles. The summed E-state index contributed by atoms with van der Waals surface area (Å²) in [5.41, 5.74) is 1.57. The number of aromatic hydroxyl groups is 1. The van der Waals surface area contributed by atoms with E-state index in [1.54, 1.807) is 0 Å². The van der Waals surface area contributed by atoms with Crippen LogP contribution in [0, 0.1) is 0 Å². The highest BCUT2D eigenvalue weighted by Crippen LogP contribution is 2.34. The van der Waals surface area contributed by atoms with Crippen molar-refractivity contribution in [3.63, 3.8) is 0 Å². The first-order valence-corrected chi connectivity index (χ1v) is 6.83. The number of nitrogens with one attached hydrogen (secondary N) is 1. The van der Waals surface area contributed by atoms with Crippen LogP contribution in [-0.4, -0.2) is 11.0 Å². The van der Waals surface area contributed by atoms with E-state index < -0.39 is 0 Å². The molecule has 1 amide bonds. The SMILES string of the molecule is O=C(CCc1ccccc1)Nc1cc(Cl)c(O)c(Cl)c1. The summed E-state index contributed by atoms with van der Waals surface area (Å²) >= 11 is 11.6. The molecule has 2 N–H and O–H groups in total. The van der Waals surface area contributed by atoms with Crippen LogP contribution < -0.4 is 5.32 Å². The van der Waals surface area contributed by atoms with E-state index in [9.17, 15) is 9.90 Å². The fourth-order valence-electron chi connectivity index (χ4n) is 1.76. The van der Waals surface area contributed by atoms with Crippen molar-refractivity contribution in [1.82, 2.24) is 0 Å². The molecule has 20 heavy (non-hydrogen) atoms. The van der Waals surface area contributed by atoms with E-state index in [2.05, 4.69) is 5.32 Å². The lowest BCUT2D eigenvalue weighted by Gasteiger charge is -2.08. The van der Waals surface area contributed by atoms with E-state index in [1.807, 2.05) is 30.3 Å². The molecule has 3 nitrogen and oxygen atoms in total. The maximum Gasteiger partial charge on any atom is 0.224 e. The van der Waals surface area contributed by atoms with Crippen LogP contribution in [0.4, 0.5) is 5.69 Å². The molecule has 0 bridgehead atoms. The number of phenolic OH excluding ortho intramolecular Hbond substituents is 1. The number of benzene rings is 2. The molecule has 0 radical (unpaired) electrons. The van der Waals surface area contributed by atoms with Crippen LogP contribution in [0.15, 0.2) is 42.5 Å². The Balaban J connectivity index is 1.95. The fourth-order valence-corrected chi connectivity index (χ4v) is 2.25. The minimum absolute atomic E-state index is 0.107. The van der Waals surface area contributed by atoms with Gasteiger partial charge in [0.1, 0.15) is 0 Å². The van der Waals surface area contributed by atoms with Crippen molar-refractivity contribution < 1.29 is 9.90 Å². The van der Waals surface area contributed by atoms with Gasteiger partial charge in [0.05, 0.1) is 10.0 Å². The Morgan fingerprint density at radius 1 is 1.10 bits per heavy atom. The molecule has 0 fully saturated rings. The van der Waals surface area contributed by atoms with Crippen LogP contribution in [-0.2, 0) is 11.2 Å². The summed E-state index contributed by atoms with van der Waals surface area (Å²) in [5.74, 6) is -0.317. The van der Waals surface area contributed by atoms with Crippen LogP contribution >= 0.6 is 23.2 Å². The lowest BCUT2D eigenvalue weighted by molar-refractivity contribution is -0.116. The molecular formula is C15H13Cl2NO2. The van der Waals surface area contributed by atoms with Gasteiger partial charge in [-0.05, 0) is 24.1 Å². The second-order valence-electron chi connectivity index (χ2n) is 4.32. The predicted octanol–water partition coefficient (Wildman–Crippen LogP) is 4.27. The zero-order valence-corrected chi connectivity index (χ0v) is 12.1. The molecule has 0 heterocycles. The van der Waals surface area contributed by atoms with Crippen molar-refractivity contribution in [1.29, 1.82) is 0 Å². The number of halogens is 2. The highest BCUT2D eigenvalue weighted by molar-refractivity contribution is 6.37. The smallest absolute Gasteiger partial charge is 0.224 e. The third-order valence-corrected chi connectivity index (χ3v) is 3.36. The molecule has 2 aromatic rings. The fraction of sp³-hybridized carbons (Fsp3) is 0.133. The number of rotatable bonds is 4. The average molecular weight is 310 g/mol. The van der Waals surface area contributed by atoms with Gasteiger partial charge in [0.2, 0.25) is 5.91 Å². The Morgan fingerprint density at radius 3 is 2.30 bits per heavy atom. The van der Waals surface area contributed by atoms with E-state index in [-0.39, 0.29) is 21.7 Å². The van der Waals surface area contributed by atoms with Crippen molar-refractivity contribution in [3.8, 4) is 5.75 Å². The second kappa shape index (κ2) is 6.64. The van der Waals surface area contributed by atoms with Crippen LogP contribution in [0.1, 0.15) is 12.0 Å². The van der Waals surface area contributed by atoms with Gasteiger partial charge in [-0.1, -0.05) is 53.5 Å². The van der Waals surface area contributed by atoms with Gasteiger partial charge in [-0.15, -0.1) is 0 Å². The maximum atomic E-state index is 11.8. The molecule has 0 spiro atoms. The standard InChI is InChI=1S/C15H13Cl2NO2/c16-12-8-11(9-13(17)15(12)20)18-14(19)7-6-10-4-2-1-3-5-10/h1-5,8-9,20H,6-7H2,(H,18,19). The zero-order chi connectivity index (χ0) is 14.5. The number of aryl methyl sites for hydroxylation is 1. The molecule has 0 unspecified atom stereocenters. The zero-order valence-electron chi connectivity index (χ0n) is 10.6. The lowest BCUT2D eigenvalue weighted by Crippen LogP contribution is -2.12. The van der Waals surface area contributed by atoms with E-state index >= 15 is 0 Å². The molecule has 0 aliphatic heterocycles. The topological polar surface area (TPSA) is 49.3 Å². The monoisotopic (exact) mass is 309 g/mol. The van der Waals surface area contributed by atoms with Crippen molar-refractivity contribution in [2.75, 3.05) is 5.32 Å². The highest BCUT2D eigenvalue weighted by Gasteiger charge is 2.09. The summed E-state index contributed by atoms with van der Waals surface area (Å²) in [7, 11) is 0. The minimum Gasteiger partial charge on any atom is -0.505 e. The third-order valence-electron chi connectivity index (χ3n) is 2.78. The molecule has 0 saturated carbocycles. The summed E-state index contributed by atoms with van der Waals surface area (Å²) < 4.78 is 0. The number of carbonyl (C=O) groups excluding carboxylic acids is 1. The van der Waals surface area contributed by atoms with Crippen molar-refractivity contribution in [2.24, 2.45) is 0 Å². The van der Waals surface area contributed by atoms with Crippen LogP contribution in [0.2, 0.25) is 10.0 Å². The second-order valence-corrected chi connectivity index (χ2v) is 5.14. The normalized spacial score (nSPS) is 10.3. The van der Waals surface area contributed by atoms with Gasteiger partial charge >= 0.3 is 0 Å². The van der Waals surface area contributed by atoms with E-state index in [4.69, 9.17) is 23.2 Å². The van der Waals surface area contributed by atoms with Gasteiger partial charge in [-0.2, -0.15) is 0 Å². The lowest BCUT2D eigenvalue weighted by atomic mass is 10.1. The third kappa shape index (κ3) is 3.89. The first kappa shape index (κ1) is 14.7. The Bertz CT molecular complexity index is 592. The van der Waals surface area contributed by atoms with Crippen molar-refractivity contribution in [2.45, 2.75) is 12.8 Å². The van der Waals surface area contributed by atoms with E-state index in [1.165, 1.54) is 12.1 Å². The van der Waals surface area contributed by atoms with Gasteiger partial charge in [0.25, 0.3) is 0 Å². The quantitative estimate of drug-likeness (QED) is 0.829. The summed E-state index contributed by atoms with van der Waals surface area (Å²) in [6.45, 7) is 0. The van der Waals surface area contributed by atoms with Gasteiger partial charge in [0, 0.05) is 12.1 Å². The van der Waals surface area contributed by atoms with Crippen LogP contribution in [0.3, 0.4) is 0 Å². The molecule has 2 rings (SSSR count). The van der Waals surface area contributed by atoms with Crippen molar-refractivity contribution in [3.05, 3.63) is 58.1 Å². The Morgan fingerprint density at radius 2 is 1.70 bits per heavy atom. The van der Waals surface area contributed by atoms with Gasteiger partial charge < -0.3 is 10.4 Å². The summed E-state index contributed by atoms with van der Waals surface area (Å²) in [5, 5.41) is 12.4. The Kier molecular flexibility index (Phi) is 4.88. The van der Waals surface area contributed by atoms with E-state index in [0.717, 1.165) is 5.56 Å².